The minimum absolute atomic E-state index is 0.0271. The van der Waals surface area contributed by atoms with E-state index in [4.69, 9.17) is 4.74 Å². The number of hydrogen-bond acceptors (Lipinski definition) is 3. The lowest BCUT2D eigenvalue weighted by Crippen LogP contribution is -2.42. The first-order valence-electron chi connectivity index (χ1n) is 6.71. The molecule has 0 aliphatic heterocycles. The van der Waals surface area contributed by atoms with Crippen LogP contribution in [0.1, 0.15) is 32.3 Å². The summed E-state index contributed by atoms with van der Waals surface area (Å²) in [5.41, 5.74) is -1.72. The lowest BCUT2D eigenvalue weighted by atomic mass is 9.77. The Bertz CT molecular complexity index is 510. The summed E-state index contributed by atoms with van der Waals surface area (Å²) in [6, 6.07) is 2.74. The molecule has 0 saturated heterocycles. The molecule has 1 N–H and O–H groups in total. The van der Waals surface area contributed by atoms with Crippen LogP contribution in [0.25, 0.3) is 0 Å². The van der Waals surface area contributed by atoms with Crippen LogP contribution < -0.4 is 0 Å². The molecule has 0 radical (unpaired) electrons. The predicted molar refractivity (Wildman–Crippen MR) is 71.7 cm³/mol. The molecule has 0 aromatic heterocycles. The Hall–Kier alpha value is -1.98. The largest absolute Gasteiger partial charge is 0.480 e. The summed E-state index contributed by atoms with van der Waals surface area (Å²) in [5, 5.41) is 9.46. The van der Waals surface area contributed by atoms with Crippen LogP contribution >= 0.6 is 0 Å². The number of hydrogen-bond donors (Lipinski definition) is 1. The number of esters is 1. The zero-order valence-corrected chi connectivity index (χ0v) is 12.0. The van der Waals surface area contributed by atoms with Crippen LogP contribution in [0.4, 0.5) is 8.78 Å². The number of carbonyl (C=O) groups is 2. The summed E-state index contributed by atoms with van der Waals surface area (Å²) >= 11 is 0. The molecule has 1 rings (SSSR count). The van der Waals surface area contributed by atoms with E-state index in [0.29, 0.717) is 12.5 Å². The van der Waals surface area contributed by atoms with Gasteiger partial charge in [0.25, 0.3) is 0 Å². The Morgan fingerprint density at radius 2 is 1.76 bits per heavy atom. The van der Waals surface area contributed by atoms with E-state index in [-0.39, 0.29) is 25.0 Å². The summed E-state index contributed by atoms with van der Waals surface area (Å²) in [6.45, 7) is 3.33. The Morgan fingerprint density at radius 3 is 2.19 bits per heavy atom. The van der Waals surface area contributed by atoms with Gasteiger partial charge in [-0.2, -0.15) is 0 Å². The van der Waals surface area contributed by atoms with Crippen LogP contribution in [0.2, 0.25) is 0 Å². The van der Waals surface area contributed by atoms with Crippen molar-refractivity contribution in [1.29, 1.82) is 0 Å². The Morgan fingerprint density at radius 1 is 1.19 bits per heavy atom. The lowest BCUT2D eigenvalue weighted by Gasteiger charge is -2.26. The van der Waals surface area contributed by atoms with Crippen LogP contribution in [0.15, 0.2) is 18.2 Å². The van der Waals surface area contributed by atoms with E-state index < -0.39 is 29.0 Å². The number of benzene rings is 1. The van der Waals surface area contributed by atoms with Crippen LogP contribution in [-0.4, -0.2) is 23.7 Å². The third kappa shape index (κ3) is 4.00. The molecule has 0 spiro atoms. The monoisotopic (exact) mass is 300 g/mol. The van der Waals surface area contributed by atoms with Crippen LogP contribution in [-0.2, 0) is 20.7 Å². The molecule has 0 aliphatic rings. The number of rotatable bonds is 7. The van der Waals surface area contributed by atoms with E-state index >= 15 is 0 Å². The van der Waals surface area contributed by atoms with Gasteiger partial charge < -0.3 is 9.84 Å². The van der Waals surface area contributed by atoms with Crippen molar-refractivity contribution in [1.82, 2.24) is 0 Å². The van der Waals surface area contributed by atoms with Gasteiger partial charge in [-0.05, 0) is 37.5 Å². The molecule has 0 amide bonds. The molecule has 1 atom stereocenters. The maximum absolute atomic E-state index is 13.2. The normalized spacial score (nSPS) is 13.5. The standard InChI is InChI=1S/C15H18F2O4/c1-3-5-15(13(18)19,14(20)21-4-2)9-10-6-11(16)8-12(17)7-10/h6-8H,3-5,9H2,1-2H3,(H,18,19). The maximum atomic E-state index is 13.2. The molecular formula is C15H18F2O4. The van der Waals surface area contributed by atoms with Crippen LogP contribution in [0.5, 0.6) is 0 Å². The molecule has 1 aromatic carbocycles. The van der Waals surface area contributed by atoms with Gasteiger partial charge in [0.15, 0.2) is 5.41 Å². The third-order valence-electron chi connectivity index (χ3n) is 3.18. The highest BCUT2D eigenvalue weighted by Gasteiger charge is 2.47. The second-order valence-corrected chi connectivity index (χ2v) is 4.81. The van der Waals surface area contributed by atoms with Gasteiger partial charge in [0.1, 0.15) is 11.6 Å². The smallest absolute Gasteiger partial charge is 0.323 e. The Labute approximate surface area is 121 Å². The van der Waals surface area contributed by atoms with E-state index in [1.165, 1.54) is 0 Å². The second-order valence-electron chi connectivity index (χ2n) is 4.81. The Kier molecular flexibility index (Phi) is 5.81. The highest BCUT2D eigenvalue weighted by atomic mass is 19.1. The molecule has 0 fully saturated rings. The van der Waals surface area contributed by atoms with Crippen molar-refractivity contribution in [3.63, 3.8) is 0 Å². The van der Waals surface area contributed by atoms with Crippen molar-refractivity contribution in [3.05, 3.63) is 35.4 Å². The topological polar surface area (TPSA) is 63.6 Å². The number of carboxylic acids is 1. The molecule has 1 aromatic rings. The van der Waals surface area contributed by atoms with Gasteiger partial charge in [-0.1, -0.05) is 13.3 Å². The first-order chi connectivity index (χ1) is 9.85. The van der Waals surface area contributed by atoms with Crippen molar-refractivity contribution < 1.29 is 28.2 Å². The first kappa shape index (κ1) is 17.1. The molecule has 6 heteroatoms. The number of ether oxygens (including phenoxy) is 1. The molecule has 0 aliphatic carbocycles. The zero-order chi connectivity index (χ0) is 16.0. The Balaban J connectivity index is 3.22. The number of halogens is 2. The zero-order valence-electron chi connectivity index (χ0n) is 12.0. The fourth-order valence-corrected chi connectivity index (χ4v) is 2.29. The van der Waals surface area contributed by atoms with Gasteiger partial charge in [-0.3, -0.25) is 9.59 Å². The van der Waals surface area contributed by atoms with Crippen molar-refractivity contribution in [2.75, 3.05) is 6.61 Å². The highest BCUT2D eigenvalue weighted by molar-refractivity contribution is 5.99. The van der Waals surface area contributed by atoms with Crippen LogP contribution in [0.3, 0.4) is 0 Å². The fourth-order valence-electron chi connectivity index (χ4n) is 2.29. The highest BCUT2D eigenvalue weighted by Crippen LogP contribution is 2.31. The van der Waals surface area contributed by atoms with Gasteiger partial charge in [0.2, 0.25) is 0 Å². The molecule has 0 bridgehead atoms. The SMILES string of the molecule is CCCC(Cc1cc(F)cc(F)c1)(C(=O)O)C(=O)OCC. The number of carbonyl (C=O) groups excluding carboxylic acids is 1. The van der Waals surface area contributed by atoms with E-state index in [9.17, 15) is 23.5 Å². The predicted octanol–water partition coefficient (Wildman–Crippen LogP) is 2.94. The van der Waals surface area contributed by atoms with E-state index in [2.05, 4.69) is 0 Å². The number of carboxylic acid groups (broad SMARTS) is 1. The molecule has 21 heavy (non-hydrogen) atoms. The summed E-state index contributed by atoms with van der Waals surface area (Å²) in [4.78, 5) is 23.7. The van der Waals surface area contributed by atoms with Crippen molar-refractivity contribution >= 4 is 11.9 Å². The minimum atomic E-state index is -1.83. The maximum Gasteiger partial charge on any atom is 0.323 e. The van der Waals surface area contributed by atoms with E-state index in [1.54, 1.807) is 13.8 Å². The fraction of sp³-hybridized carbons (Fsp3) is 0.467. The second kappa shape index (κ2) is 7.15. The molecule has 1 unspecified atom stereocenters. The van der Waals surface area contributed by atoms with Crippen molar-refractivity contribution in [3.8, 4) is 0 Å². The summed E-state index contributed by atoms with van der Waals surface area (Å²) in [7, 11) is 0. The molecule has 4 nitrogen and oxygen atoms in total. The van der Waals surface area contributed by atoms with Gasteiger partial charge in [0, 0.05) is 6.07 Å². The summed E-state index contributed by atoms with van der Waals surface area (Å²) in [5.74, 6) is -3.87. The third-order valence-corrected chi connectivity index (χ3v) is 3.18. The molecule has 0 heterocycles. The summed E-state index contributed by atoms with van der Waals surface area (Å²) in [6.07, 6.45) is 0.131. The van der Waals surface area contributed by atoms with Crippen molar-refractivity contribution in [2.24, 2.45) is 5.41 Å². The molecular weight excluding hydrogens is 282 g/mol. The van der Waals surface area contributed by atoms with Gasteiger partial charge >= 0.3 is 11.9 Å². The lowest BCUT2D eigenvalue weighted by molar-refractivity contribution is -0.169. The van der Waals surface area contributed by atoms with Crippen molar-refractivity contribution in [2.45, 2.75) is 33.1 Å². The minimum Gasteiger partial charge on any atom is -0.480 e. The molecule has 116 valence electrons. The van der Waals surface area contributed by atoms with E-state index in [0.717, 1.165) is 12.1 Å². The van der Waals surface area contributed by atoms with Gasteiger partial charge in [-0.25, -0.2) is 8.78 Å². The number of aliphatic carboxylic acids is 1. The average Bonchev–Trinajstić information content (AvgIpc) is 2.36. The summed E-state index contributed by atoms with van der Waals surface area (Å²) < 4.78 is 31.3. The first-order valence-corrected chi connectivity index (χ1v) is 6.71. The van der Waals surface area contributed by atoms with Crippen LogP contribution in [0, 0.1) is 17.0 Å². The van der Waals surface area contributed by atoms with E-state index in [1.807, 2.05) is 0 Å². The van der Waals surface area contributed by atoms with Gasteiger partial charge in [0.05, 0.1) is 6.61 Å². The average molecular weight is 300 g/mol. The quantitative estimate of drug-likeness (QED) is 0.621. The molecule has 0 saturated carbocycles. The van der Waals surface area contributed by atoms with Gasteiger partial charge in [-0.15, -0.1) is 0 Å².